The van der Waals surface area contributed by atoms with Crippen molar-refractivity contribution in [2.45, 2.75) is 38.1 Å². The number of rotatable bonds is 0. The molecule has 5 heteroatoms. The number of carbonyl (C=O) groups excluding carboxylic acids is 2. The standard InChI is InChI=1S/C9H12O5/c1-6-5-9(2-3-12-6)13-7(10)4-8(11)14-9/h6H,2-5H2,1H3. The normalized spacial score (nSPS) is 31.1. The van der Waals surface area contributed by atoms with E-state index in [0.717, 1.165) is 0 Å². The Morgan fingerprint density at radius 1 is 1.29 bits per heavy atom. The van der Waals surface area contributed by atoms with Gasteiger partial charge in [-0.25, -0.2) is 0 Å². The molecule has 0 aromatic carbocycles. The van der Waals surface area contributed by atoms with Gasteiger partial charge in [-0.05, 0) is 6.92 Å². The average Bonchev–Trinajstić information content (AvgIpc) is 1.99. The smallest absolute Gasteiger partial charge is 0.320 e. The minimum Gasteiger partial charge on any atom is -0.422 e. The van der Waals surface area contributed by atoms with Crippen LogP contribution in [0.1, 0.15) is 26.2 Å². The molecule has 0 aromatic heterocycles. The molecule has 2 aliphatic heterocycles. The minimum atomic E-state index is -1.05. The first kappa shape index (κ1) is 9.45. The van der Waals surface area contributed by atoms with Crippen LogP contribution in [0.4, 0.5) is 0 Å². The molecule has 1 spiro atoms. The highest BCUT2D eigenvalue weighted by Crippen LogP contribution is 2.33. The zero-order valence-corrected chi connectivity index (χ0v) is 7.95. The van der Waals surface area contributed by atoms with E-state index in [-0.39, 0.29) is 12.5 Å². The highest BCUT2D eigenvalue weighted by atomic mass is 16.7. The number of esters is 2. The Hall–Kier alpha value is -1.10. The number of carbonyl (C=O) groups is 2. The van der Waals surface area contributed by atoms with Gasteiger partial charge in [-0.3, -0.25) is 9.59 Å². The lowest BCUT2D eigenvalue weighted by Gasteiger charge is -2.40. The number of hydrogen-bond acceptors (Lipinski definition) is 5. The zero-order valence-electron chi connectivity index (χ0n) is 7.95. The summed E-state index contributed by atoms with van der Waals surface area (Å²) in [4.78, 5) is 22.2. The molecule has 2 rings (SSSR count). The molecule has 0 aromatic rings. The van der Waals surface area contributed by atoms with Crippen molar-refractivity contribution in [2.24, 2.45) is 0 Å². The maximum atomic E-state index is 11.1. The molecular formula is C9H12O5. The summed E-state index contributed by atoms with van der Waals surface area (Å²) in [5.74, 6) is -2.06. The highest BCUT2D eigenvalue weighted by molar-refractivity contribution is 5.93. The second-order valence-corrected chi connectivity index (χ2v) is 3.67. The average molecular weight is 200 g/mol. The van der Waals surface area contributed by atoms with Crippen LogP contribution in [0.15, 0.2) is 0 Å². The second kappa shape index (κ2) is 3.24. The lowest BCUT2D eigenvalue weighted by atomic mass is 10.0. The van der Waals surface area contributed by atoms with Crippen molar-refractivity contribution in [3.63, 3.8) is 0 Å². The summed E-state index contributed by atoms with van der Waals surface area (Å²) in [7, 11) is 0. The van der Waals surface area contributed by atoms with Gasteiger partial charge in [-0.1, -0.05) is 0 Å². The van der Waals surface area contributed by atoms with Crippen molar-refractivity contribution in [1.29, 1.82) is 0 Å². The molecule has 1 atom stereocenters. The Morgan fingerprint density at radius 2 is 1.93 bits per heavy atom. The van der Waals surface area contributed by atoms with Gasteiger partial charge in [-0.15, -0.1) is 0 Å². The van der Waals surface area contributed by atoms with E-state index in [1.807, 2.05) is 6.92 Å². The summed E-state index contributed by atoms with van der Waals surface area (Å²) in [5.41, 5.74) is 0. The fraction of sp³-hybridized carbons (Fsp3) is 0.778. The van der Waals surface area contributed by atoms with Gasteiger partial charge in [-0.2, -0.15) is 0 Å². The topological polar surface area (TPSA) is 61.8 Å². The molecular weight excluding hydrogens is 188 g/mol. The Balaban J connectivity index is 2.13. The summed E-state index contributed by atoms with van der Waals surface area (Å²) in [6.45, 7) is 2.30. The van der Waals surface area contributed by atoms with E-state index in [1.165, 1.54) is 0 Å². The molecule has 0 saturated carbocycles. The van der Waals surface area contributed by atoms with E-state index in [1.54, 1.807) is 0 Å². The lowest BCUT2D eigenvalue weighted by Crippen LogP contribution is -2.50. The third-order valence-electron chi connectivity index (χ3n) is 2.37. The molecule has 2 aliphatic rings. The molecule has 14 heavy (non-hydrogen) atoms. The number of ether oxygens (including phenoxy) is 3. The van der Waals surface area contributed by atoms with Gasteiger partial charge in [0, 0.05) is 6.42 Å². The quantitative estimate of drug-likeness (QED) is 0.417. The van der Waals surface area contributed by atoms with E-state index < -0.39 is 17.7 Å². The summed E-state index contributed by atoms with van der Waals surface area (Å²) < 4.78 is 15.5. The van der Waals surface area contributed by atoms with Gasteiger partial charge in [0.2, 0.25) is 0 Å². The van der Waals surface area contributed by atoms with E-state index in [4.69, 9.17) is 14.2 Å². The first-order valence-corrected chi connectivity index (χ1v) is 4.65. The van der Waals surface area contributed by atoms with Crippen LogP contribution < -0.4 is 0 Å². The summed E-state index contributed by atoms with van der Waals surface area (Å²) in [5, 5.41) is 0. The van der Waals surface area contributed by atoms with Crippen molar-refractivity contribution in [3.8, 4) is 0 Å². The summed E-state index contributed by atoms with van der Waals surface area (Å²) >= 11 is 0. The Kier molecular flexibility index (Phi) is 2.19. The molecule has 1 unspecified atom stereocenters. The van der Waals surface area contributed by atoms with Gasteiger partial charge in [0.05, 0.1) is 19.1 Å². The molecule has 2 heterocycles. The molecule has 0 bridgehead atoms. The Labute approximate surface area is 81.3 Å². The van der Waals surface area contributed by atoms with Crippen LogP contribution in [0.5, 0.6) is 0 Å². The van der Waals surface area contributed by atoms with E-state index in [9.17, 15) is 9.59 Å². The largest absolute Gasteiger partial charge is 0.422 e. The molecule has 0 amide bonds. The maximum absolute atomic E-state index is 11.1. The first-order chi connectivity index (χ1) is 6.60. The highest BCUT2D eigenvalue weighted by Gasteiger charge is 2.46. The van der Waals surface area contributed by atoms with Crippen molar-refractivity contribution in [2.75, 3.05) is 6.61 Å². The lowest BCUT2D eigenvalue weighted by molar-refractivity contribution is -0.270. The Bertz CT molecular complexity index is 256. The third kappa shape index (κ3) is 1.72. The molecule has 2 saturated heterocycles. The summed E-state index contributed by atoms with van der Waals surface area (Å²) in [6, 6.07) is 0. The fourth-order valence-electron chi connectivity index (χ4n) is 1.83. The van der Waals surface area contributed by atoms with Crippen molar-refractivity contribution in [3.05, 3.63) is 0 Å². The maximum Gasteiger partial charge on any atom is 0.320 e. The van der Waals surface area contributed by atoms with Crippen molar-refractivity contribution < 1.29 is 23.8 Å². The van der Waals surface area contributed by atoms with Crippen LogP contribution in [0, 0.1) is 0 Å². The zero-order chi connectivity index (χ0) is 10.2. The van der Waals surface area contributed by atoms with Crippen LogP contribution in [0.2, 0.25) is 0 Å². The fourth-order valence-corrected chi connectivity index (χ4v) is 1.83. The van der Waals surface area contributed by atoms with Gasteiger partial charge in [0.1, 0.15) is 6.42 Å². The molecule has 0 N–H and O–H groups in total. The minimum absolute atomic E-state index is 0.0533. The van der Waals surface area contributed by atoms with Gasteiger partial charge in [0.15, 0.2) is 0 Å². The second-order valence-electron chi connectivity index (χ2n) is 3.67. The van der Waals surface area contributed by atoms with Gasteiger partial charge in [0.25, 0.3) is 5.79 Å². The molecule has 0 aliphatic carbocycles. The van der Waals surface area contributed by atoms with Crippen LogP contribution in [-0.2, 0) is 23.8 Å². The van der Waals surface area contributed by atoms with E-state index in [2.05, 4.69) is 0 Å². The van der Waals surface area contributed by atoms with Gasteiger partial charge < -0.3 is 14.2 Å². The Morgan fingerprint density at radius 3 is 2.50 bits per heavy atom. The van der Waals surface area contributed by atoms with Gasteiger partial charge >= 0.3 is 11.9 Å². The predicted octanol–water partition coefficient (Wildman–Crippen LogP) is 0.372. The molecule has 5 nitrogen and oxygen atoms in total. The SMILES string of the molecule is CC1CC2(CCO1)OC(=O)CC(=O)O2. The molecule has 0 radical (unpaired) electrons. The molecule has 2 fully saturated rings. The number of hydrogen-bond donors (Lipinski definition) is 0. The van der Waals surface area contributed by atoms with Crippen molar-refractivity contribution >= 4 is 11.9 Å². The first-order valence-electron chi connectivity index (χ1n) is 4.65. The predicted molar refractivity (Wildman–Crippen MR) is 44.2 cm³/mol. The van der Waals surface area contributed by atoms with E-state index >= 15 is 0 Å². The van der Waals surface area contributed by atoms with E-state index in [0.29, 0.717) is 19.4 Å². The monoisotopic (exact) mass is 200 g/mol. The molecule has 78 valence electrons. The van der Waals surface area contributed by atoms with Crippen molar-refractivity contribution in [1.82, 2.24) is 0 Å². The third-order valence-corrected chi connectivity index (χ3v) is 2.37. The van der Waals surface area contributed by atoms with Crippen LogP contribution in [-0.4, -0.2) is 30.4 Å². The van der Waals surface area contributed by atoms with Crippen LogP contribution in [0.3, 0.4) is 0 Å². The summed E-state index contributed by atoms with van der Waals surface area (Å²) in [6.07, 6.45) is 0.512. The van der Waals surface area contributed by atoms with Crippen LogP contribution >= 0.6 is 0 Å². The van der Waals surface area contributed by atoms with Crippen LogP contribution in [0.25, 0.3) is 0 Å².